The zero-order valence-electron chi connectivity index (χ0n) is 12.3. The Labute approximate surface area is 134 Å². The van der Waals surface area contributed by atoms with Crippen molar-refractivity contribution in [2.75, 3.05) is 0 Å². The lowest BCUT2D eigenvalue weighted by Crippen LogP contribution is -2.47. The van der Waals surface area contributed by atoms with Crippen molar-refractivity contribution in [2.45, 2.75) is 51.0 Å². The quantitative estimate of drug-likeness (QED) is 0.796. The molecule has 0 amide bonds. The van der Waals surface area contributed by atoms with Gasteiger partial charge in [0, 0.05) is 11.6 Å². The molecule has 0 saturated heterocycles. The van der Waals surface area contributed by atoms with Gasteiger partial charge in [-0.05, 0) is 90.1 Å². The predicted molar refractivity (Wildman–Crippen MR) is 86.3 cm³/mol. The van der Waals surface area contributed by atoms with Gasteiger partial charge in [0.1, 0.15) is 5.82 Å². The Morgan fingerprint density at radius 3 is 2.29 bits per heavy atom. The van der Waals surface area contributed by atoms with Crippen LogP contribution in [0.25, 0.3) is 0 Å². The largest absolute Gasteiger partial charge is 0.324 e. The minimum absolute atomic E-state index is 0.168. The van der Waals surface area contributed by atoms with Crippen molar-refractivity contribution in [1.82, 2.24) is 0 Å². The smallest absolute Gasteiger partial charge is 0.142 e. The van der Waals surface area contributed by atoms with E-state index in [0.29, 0.717) is 15.5 Å². The number of benzene rings is 1. The highest BCUT2D eigenvalue weighted by Gasteiger charge is 2.51. The fraction of sp³-hybridized carbons (Fsp3) is 0.667. The molecule has 0 spiro atoms. The van der Waals surface area contributed by atoms with Crippen LogP contribution in [0.15, 0.2) is 22.7 Å². The summed E-state index contributed by atoms with van der Waals surface area (Å²) in [5.41, 5.74) is 7.51. The van der Waals surface area contributed by atoms with Crippen LogP contribution in [0.4, 0.5) is 4.39 Å². The first-order valence-corrected chi connectivity index (χ1v) is 9.03. The number of hydrogen-bond acceptors (Lipinski definition) is 1. The van der Waals surface area contributed by atoms with Crippen LogP contribution in [0.3, 0.4) is 0 Å². The predicted octanol–water partition coefficient (Wildman–Crippen LogP) is 5.19. The summed E-state index contributed by atoms with van der Waals surface area (Å²) in [6, 6.07) is 5.32. The molecule has 114 valence electrons. The Kier molecular flexibility index (Phi) is 3.42. The van der Waals surface area contributed by atoms with Gasteiger partial charge in [0.05, 0.1) is 4.47 Å². The van der Waals surface area contributed by atoms with Crippen LogP contribution in [-0.2, 0) is 0 Å². The number of rotatable bonds is 3. The lowest BCUT2D eigenvalue weighted by molar-refractivity contribution is -0.0606. The SMILES string of the molecule is NC(CC12CC3CC(CC(C3)C1)C2)c1cccc(Br)c1F. The first kappa shape index (κ1) is 14.2. The molecule has 4 saturated carbocycles. The monoisotopic (exact) mass is 351 g/mol. The third-order valence-corrected chi connectivity index (χ3v) is 6.81. The average Bonchev–Trinajstić information content (AvgIpc) is 2.39. The lowest BCUT2D eigenvalue weighted by atomic mass is 9.48. The summed E-state index contributed by atoms with van der Waals surface area (Å²) in [4.78, 5) is 0. The molecule has 1 aromatic rings. The molecule has 3 heteroatoms. The molecule has 21 heavy (non-hydrogen) atoms. The fourth-order valence-electron chi connectivity index (χ4n) is 5.92. The van der Waals surface area contributed by atoms with Crippen LogP contribution in [0.2, 0.25) is 0 Å². The molecule has 0 heterocycles. The fourth-order valence-corrected chi connectivity index (χ4v) is 6.30. The second-order valence-corrected chi connectivity index (χ2v) is 8.73. The summed E-state index contributed by atoms with van der Waals surface area (Å²) in [5, 5.41) is 0. The maximum Gasteiger partial charge on any atom is 0.142 e. The number of nitrogens with two attached hydrogens (primary N) is 1. The van der Waals surface area contributed by atoms with Crippen LogP contribution < -0.4 is 5.73 Å². The summed E-state index contributed by atoms with van der Waals surface area (Å²) >= 11 is 3.28. The Morgan fingerprint density at radius 1 is 1.14 bits per heavy atom. The van der Waals surface area contributed by atoms with Gasteiger partial charge in [0.25, 0.3) is 0 Å². The highest BCUT2D eigenvalue weighted by molar-refractivity contribution is 9.10. The first-order chi connectivity index (χ1) is 10.0. The average molecular weight is 352 g/mol. The summed E-state index contributed by atoms with van der Waals surface area (Å²) in [6.45, 7) is 0. The second-order valence-electron chi connectivity index (χ2n) is 7.87. The number of hydrogen-bond donors (Lipinski definition) is 1. The minimum atomic E-state index is -0.172. The van der Waals surface area contributed by atoms with Gasteiger partial charge < -0.3 is 5.73 Å². The van der Waals surface area contributed by atoms with E-state index < -0.39 is 0 Å². The third kappa shape index (κ3) is 2.46. The van der Waals surface area contributed by atoms with E-state index in [1.54, 1.807) is 6.07 Å². The molecule has 4 bridgehead atoms. The highest BCUT2D eigenvalue weighted by Crippen LogP contribution is 2.62. The Bertz CT molecular complexity index is 521. The second kappa shape index (κ2) is 5.06. The van der Waals surface area contributed by atoms with Gasteiger partial charge >= 0.3 is 0 Å². The van der Waals surface area contributed by atoms with E-state index in [4.69, 9.17) is 5.73 Å². The Morgan fingerprint density at radius 2 is 1.71 bits per heavy atom. The van der Waals surface area contributed by atoms with Gasteiger partial charge in [-0.25, -0.2) is 4.39 Å². The normalized spacial score (nSPS) is 38.7. The van der Waals surface area contributed by atoms with Crippen molar-refractivity contribution in [1.29, 1.82) is 0 Å². The minimum Gasteiger partial charge on any atom is -0.324 e. The summed E-state index contributed by atoms with van der Waals surface area (Å²) in [7, 11) is 0. The highest BCUT2D eigenvalue weighted by atomic mass is 79.9. The summed E-state index contributed by atoms with van der Waals surface area (Å²) in [5.74, 6) is 2.61. The van der Waals surface area contributed by atoms with Crippen LogP contribution in [0, 0.1) is 29.0 Å². The molecule has 0 aliphatic heterocycles. The topological polar surface area (TPSA) is 26.0 Å². The zero-order valence-corrected chi connectivity index (χ0v) is 13.9. The van der Waals surface area contributed by atoms with E-state index in [2.05, 4.69) is 15.9 Å². The molecule has 1 aromatic carbocycles. The Hall–Kier alpha value is -0.410. The molecule has 1 nitrogen and oxygen atoms in total. The van der Waals surface area contributed by atoms with E-state index in [9.17, 15) is 4.39 Å². The molecule has 5 rings (SSSR count). The van der Waals surface area contributed by atoms with Gasteiger partial charge in [0.15, 0.2) is 0 Å². The van der Waals surface area contributed by atoms with Gasteiger partial charge in [-0.15, -0.1) is 0 Å². The molecule has 4 fully saturated rings. The third-order valence-electron chi connectivity index (χ3n) is 6.20. The van der Waals surface area contributed by atoms with Crippen LogP contribution in [0.5, 0.6) is 0 Å². The van der Waals surface area contributed by atoms with Crippen LogP contribution in [0.1, 0.15) is 56.6 Å². The zero-order chi connectivity index (χ0) is 14.6. The summed E-state index contributed by atoms with van der Waals surface area (Å²) < 4.78 is 14.8. The van der Waals surface area contributed by atoms with E-state index in [-0.39, 0.29) is 11.9 Å². The van der Waals surface area contributed by atoms with E-state index in [0.717, 1.165) is 24.2 Å². The van der Waals surface area contributed by atoms with Gasteiger partial charge in [-0.2, -0.15) is 0 Å². The van der Waals surface area contributed by atoms with Crippen LogP contribution in [-0.4, -0.2) is 0 Å². The van der Waals surface area contributed by atoms with Gasteiger partial charge in [-0.3, -0.25) is 0 Å². The molecule has 4 aliphatic rings. The molecule has 1 unspecified atom stereocenters. The van der Waals surface area contributed by atoms with Crippen molar-refractivity contribution in [3.63, 3.8) is 0 Å². The van der Waals surface area contributed by atoms with E-state index in [1.165, 1.54) is 38.5 Å². The maximum atomic E-state index is 14.3. The molecule has 4 aliphatic carbocycles. The van der Waals surface area contributed by atoms with Crippen molar-refractivity contribution in [3.05, 3.63) is 34.1 Å². The first-order valence-electron chi connectivity index (χ1n) is 8.24. The van der Waals surface area contributed by atoms with E-state index >= 15 is 0 Å². The maximum absolute atomic E-state index is 14.3. The molecular weight excluding hydrogens is 329 g/mol. The summed E-state index contributed by atoms with van der Waals surface area (Å²) in [6.07, 6.45) is 9.30. The van der Waals surface area contributed by atoms with Crippen molar-refractivity contribution in [3.8, 4) is 0 Å². The number of halogens is 2. The standard InChI is InChI=1S/C18H23BrFN/c19-15-3-1-2-14(17(15)20)16(21)10-18-7-11-4-12(8-18)6-13(5-11)9-18/h1-3,11-13,16H,4-10,21H2. The molecule has 0 aromatic heterocycles. The van der Waals surface area contributed by atoms with Gasteiger partial charge in [0.2, 0.25) is 0 Å². The molecule has 0 radical (unpaired) electrons. The molecule has 2 N–H and O–H groups in total. The van der Waals surface area contributed by atoms with Crippen molar-refractivity contribution < 1.29 is 4.39 Å². The lowest BCUT2D eigenvalue weighted by Gasteiger charge is -2.57. The Balaban J connectivity index is 1.57. The van der Waals surface area contributed by atoms with Crippen molar-refractivity contribution in [2.24, 2.45) is 28.9 Å². The van der Waals surface area contributed by atoms with E-state index in [1.807, 2.05) is 12.1 Å². The van der Waals surface area contributed by atoms with Crippen LogP contribution >= 0.6 is 15.9 Å². The molecular formula is C18H23BrFN. The van der Waals surface area contributed by atoms with Gasteiger partial charge in [-0.1, -0.05) is 12.1 Å². The van der Waals surface area contributed by atoms with Crippen molar-refractivity contribution >= 4 is 15.9 Å². The molecule has 1 atom stereocenters.